The predicted molar refractivity (Wildman–Crippen MR) is 147 cm³/mol. The highest BCUT2D eigenvalue weighted by molar-refractivity contribution is 6.04. The molecule has 9 heteroatoms. The van der Waals surface area contributed by atoms with E-state index >= 15 is 0 Å². The first-order chi connectivity index (χ1) is 18.7. The average molecular weight is 548 g/mol. The number of benzene rings is 1. The fraction of sp³-hybridized carbons (Fsp3) is 0.667. The third kappa shape index (κ3) is 10.2. The fourth-order valence-electron chi connectivity index (χ4n) is 5.11. The number of aromatic amines is 1. The molecule has 0 aliphatic carbocycles. The van der Waals surface area contributed by atoms with Gasteiger partial charge in [-0.3, -0.25) is 4.79 Å². The molecule has 0 radical (unpaired) electrons. The third-order valence-corrected chi connectivity index (χ3v) is 7.40. The number of unbranched alkanes of at least 4 members (excludes halogenated alkanes) is 7. The van der Waals surface area contributed by atoms with Crippen LogP contribution < -0.4 is 0 Å². The quantitative estimate of drug-likeness (QED) is 0.154. The Hall–Kier alpha value is -2.46. The lowest BCUT2D eigenvalue weighted by atomic mass is 10.0. The van der Waals surface area contributed by atoms with Gasteiger partial charge in [-0.2, -0.15) is 0 Å². The van der Waals surface area contributed by atoms with Gasteiger partial charge in [-0.15, -0.1) is 0 Å². The fourth-order valence-corrected chi connectivity index (χ4v) is 5.11. The Kier molecular flexibility index (Phi) is 12.7. The number of H-pyrrole nitrogens is 1. The smallest absolute Gasteiger partial charge is 0.340 e. The van der Waals surface area contributed by atoms with Crippen molar-refractivity contribution in [2.75, 3.05) is 0 Å². The molecule has 0 spiro atoms. The van der Waals surface area contributed by atoms with Crippen LogP contribution in [0.5, 0.6) is 0 Å². The van der Waals surface area contributed by atoms with E-state index in [0.29, 0.717) is 12.0 Å². The summed E-state index contributed by atoms with van der Waals surface area (Å²) in [6, 6.07) is 7.54. The number of carbonyl (C=O) groups excluding carboxylic acids is 1. The molecular formula is C30H45NO8. The molecule has 0 amide bonds. The molecule has 3 rings (SSSR count). The van der Waals surface area contributed by atoms with Crippen LogP contribution in [-0.4, -0.2) is 69.1 Å². The van der Waals surface area contributed by atoms with Gasteiger partial charge in [0.2, 0.25) is 0 Å². The topological polar surface area (TPSA) is 138 Å². The van der Waals surface area contributed by atoms with Crippen molar-refractivity contribution in [3.05, 3.63) is 36.0 Å². The van der Waals surface area contributed by atoms with Crippen molar-refractivity contribution in [3.8, 4) is 0 Å². The molecule has 0 unspecified atom stereocenters. The number of carboxylic acids is 1. The van der Waals surface area contributed by atoms with Gasteiger partial charge in [0.25, 0.3) is 0 Å². The van der Waals surface area contributed by atoms with Gasteiger partial charge in [0.15, 0.2) is 6.29 Å². The Morgan fingerprint density at radius 3 is 2.38 bits per heavy atom. The number of para-hydroxylation sites is 1. The van der Waals surface area contributed by atoms with E-state index in [0.717, 1.165) is 68.7 Å². The van der Waals surface area contributed by atoms with Gasteiger partial charge in [0.05, 0.1) is 30.3 Å². The molecule has 1 aliphatic heterocycles. The van der Waals surface area contributed by atoms with Gasteiger partial charge in [-0.1, -0.05) is 69.6 Å². The maximum Gasteiger partial charge on any atom is 0.340 e. The number of carbonyl (C=O) groups is 2. The van der Waals surface area contributed by atoms with Crippen LogP contribution in [0.3, 0.4) is 0 Å². The lowest BCUT2D eigenvalue weighted by Gasteiger charge is -2.38. The summed E-state index contributed by atoms with van der Waals surface area (Å²) in [5.41, 5.74) is 1.33. The highest BCUT2D eigenvalue weighted by atomic mass is 16.7. The number of hydrogen-bond acceptors (Lipinski definition) is 7. The summed E-state index contributed by atoms with van der Waals surface area (Å²) >= 11 is 0. The van der Waals surface area contributed by atoms with Crippen LogP contribution in [0.15, 0.2) is 30.5 Å². The van der Waals surface area contributed by atoms with E-state index in [1.807, 2.05) is 38.1 Å². The molecule has 0 bridgehead atoms. The molecule has 1 aromatic heterocycles. The molecule has 1 aromatic carbocycles. The van der Waals surface area contributed by atoms with Crippen molar-refractivity contribution in [2.45, 2.75) is 128 Å². The Labute approximate surface area is 230 Å². The van der Waals surface area contributed by atoms with Crippen molar-refractivity contribution in [1.29, 1.82) is 0 Å². The Morgan fingerprint density at radius 2 is 1.69 bits per heavy atom. The molecule has 2 aromatic rings. The van der Waals surface area contributed by atoms with Crippen molar-refractivity contribution >= 4 is 22.8 Å². The monoisotopic (exact) mass is 547 g/mol. The highest BCUT2D eigenvalue weighted by Crippen LogP contribution is 2.27. The standard InChI is InChI=1S/C30H45NO8/c1-20(13-9-7-5-3-4-6-8-10-14-22(32)17-28(34)35)37-30-26(33)18-27(21(2)38-30)39-29(36)24-19-31-25-16-12-11-15-23(24)25/h11-12,15-16,19-22,26-27,30-33H,3-10,13-14,17-18H2,1-2H3,(H,34,35)/t20-,21+,22-,26-,27-,30-/m1/s1. The zero-order chi connectivity index (χ0) is 28.2. The van der Waals surface area contributed by atoms with Crippen LogP contribution in [0.4, 0.5) is 0 Å². The van der Waals surface area contributed by atoms with E-state index in [1.54, 1.807) is 6.20 Å². The van der Waals surface area contributed by atoms with Crippen LogP contribution in [0, 0.1) is 0 Å². The van der Waals surface area contributed by atoms with Crippen LogP contribution in [-0.2, 0) is 19.0 Å². The van der Waals surface area contributed by atoms with E-state index in [2.05, 4.69) is 4.98 Å². The molecule has 0 saturated carbocycles. The summed E-state index contributed by atoms with van der Waals surface area (Å²) in [5.74, 6) is -1.39. The van der Waals surface area contributed by atoms with E-state index in [-0.39, 0.29) is 18.9 Å². The average Bonchev–Trinajstić information content (AvgIpc) is 3.32. The van der Waals surface area contributed by atoms with Gasteiger partial charge in [0.1, 0.15) is 12.2 Å². The normalized spacial score (nSPS) is 23.0. The molecular weight excluding hydrogens is 502 g/mol. The molecule has 1 fully saturated rings. The summed E-state index contributed by atoms with van der Waals surface area (Å²) < 4.78 is 17.6. The number of rotatable bonds is 17. The SMILES string of the molecule is C[C@H](CCCCCCCCCC[C@@H](O)CC(=O)O)O[C@@H]1O[C@@H](C)[C@H](OC(=O)c2c[nH]c3ccccc23)C[C@H]1O. The lowest BCUT2D eigenvalue weighted by Crippen LogP contribution is -2.49. The van der Waals surface area contributed by atoms with Gasteiger partial charge in [-0.25, -0.2) is 4.79 Å². The third-order valence-electron chi connectivity index (χ3n) is 7.40. The number of aromatic nitrogens is 1. The van der Waals surface area contributed by atoms with Crippen molar-refractivity contribution in [3.63, 3.8) is 0 Å². The van der Waals surface area contributed by atoms with Gasteiger partial charge in [-0.05, 0) is 32.8 Å². The summed E-state index contributed by atoms with van der Waals surface area (Å²) in [5, 5.41) is 29.7. The number of aliphatic hydroxyl groups is 2. The van der Waals surface area contributed by atoms with E-state index in [9.17, 15) is 19.8 Å². The Balaban J connectivity index is 1.26. The second-order valence-electron chi connectivity index (χ2n) is 10.8. The Morgan fingerprint density at radius 1 is 1.05 bits per heavy atom. The first-order valence-electron chi connectivity index (χ1n) is 14.4. The number of aliphatic hydroxyl groups excluding tert-OH is 2. The first kappa shape index (κ1) is 31.1. The van der Waals surface area contributed by atoms with Crippen molar-refractivity contribution < 1.29 is 39.1 Å². The minimum atomic E-state index is -0.951. The van der Waals surface area contributed by atoms with E-state index < -0.39 is 42.6 Å². The molecule has 1 aliphatic rings. The number of aliphatic carboxylic acids is 1. The number of ether oxygens (including phenoxy) is 3. The van der Waals surface area contributed by atoms with Gasteiger partial charge in [0, 0.05) is 23.5 Å². The molecule has 9 nitrogen and oxygen atoms in total. The van der Waals surface area contributed by atoms with Crippen molar-refractivity contribution in [2.24, 2.45) is 0 Å². The predicted octanol–water partition coefficient (Wildman–Crippen LogP) is 5.33. The first-order valence-corrected chi connectivity index (χ1v) is 14.4. The molecule has 4 N–H and O–H groups in total. The van der Waals surface area contributed by atoms with Crippen LogP contribution in [0.2, 0.25) is 0 Å². The molecule has 2 heterocycles. The van der Waals surface area contributed by atoms with Crippen LogP contribution in [0.1, 0.15) is 101 Å². The number of carboxylic acid groups (broad SMARTS) is 1. The van der Waals surface area contributed by atoms with E-state index in [4.69, 9.17) is 19.3 Å². The minimum absolute atomic E-state index is 0.0561. The second-order valence-corrected chi connectivity index (χ2v) is 10.8. The van der Waals surface area contributed by atoms with Gasteiger partial charge >= 0.3 is 11.9 Å². The number of esters is 1. The minimum Gasteiger partial charge on any atom is -0.481 e. The lowest BCUT2D eigenvalue weighted by molar-refractivity contribution is -0.273. The molecule has 39 heavy (non-hydrogen) atoms. The zero-order valence-corrected chi connectivity index (χ0v) is 23.2. The zero-order valence-electron chi connectivity index (χ0n) is 23.2. The highest BCUT2D eigenvalue weighted by Gasteiger charge is 2.38. The Bertz CT molecular complexity index is 1020. The van der Waals surface area contributed by atoms with E-state index in [1.165, 1.54) is 0 Å². The summed E-state index contributed by atoms with van der Waals surface area (Å²) in [7, 11) is 0. The molecule has 1 saturated heterocycles. The van der Waals surface area contributed by atoms with Crippen LogP contribution in [0.25, 0.3) is 10.9 Å². The second kappa shape index (κ2) is 16.0. The summed E-state index contributed by atoms with van der Waals surface area (Å²) in [6.45, 7) is 3.82. The molecule has 6 atom stereocenters. The number of nitrogens with one attached hydrogen (secondary N) is 1. The summed E-state index contributed by atoms with van der Waals surface area (Å²) in [6.07, 6.45) is 8.37. The molecule has 218 valence electrons. The maximum absolute atomic E-state index is 12.8. The number of fused-ring (bicyclic) bond motifs is 1. The van der Waals surface area contributed by atoms with Crippen LogP contribution >= 0.6 is 0 Å². The number of hydrogen-bond donors (Lipinski definition) is 4. The largest absolute Gasteiger partial charge is 0.481 e. The van der Waals surface area contributed by atoms with Crippen molar-refractivity contribution in [1.82, 2.24) is 4.98 Å². The maximum atomic E-state index is 12.8. The van der Waals surface area contributed by atoms with Gasteiger partial charge < -0.3 is 34.5 Å². The summed E-state index contributed by atoms with van der Waals surface area (Å²) in [4.78, 5) is 26.4.